The van der Waals surface area contributed by atoms with E-state index in [-0.39, 0.29) is 33.7 Å². The number of hydrogen-bond donors (Lipinski definition) is 1. The van der Waals surface area contributed by atoms with Gasteiger partial charge in [-0.05, 0) is 24.3 Å². The Bertz CT molecular complexity index is 1350. The number of carbonyl (C=O) groups excluding carboxylic acids is 1. The zero-order chi connectivity index (χ0) is 22.2. The molecule has 0 aliphatic carbocycles. The van der Waals surface area contributed by atoms with E-state index in [0.717, 1.165) is 12.1 Å². The van der Waals surface area contributed by atoms with E-state index >= 15 is 0 Å². The van der Waals surface area contributed by atoms with Gasteiger partial charge in [-0.3, -0.25) is 19.1 Å². The summed E-state index contributed by atoms with van der Waals surface area (Å²) in [5, 5.41) is 2.83. The van der Waals surface area contributed by atoms with Crippen molar-refractivity contribution in [3.8, 4) is 11.4 Å². The van der Waals surface area contributed by atoms with Crippen LogP contribution in [0.1, 0.15) is 16.1 Å². The molecule has 0 unspecified atom stereocenters. The van der Waals surface area contributed by atoms with E-state index in [2.05, 4.69) is 20.3 Å². The van der Waals surface area contributed by atoms with Crippen molar-refractivity contribution in [1.82, 2.24) is 19.5 Å². The zero-order valence-corrected chi connectivity index (χ0v) is 16.0. The maximum Gasteiger partial charge on any atom is 0.416 e. The topological polar surface area (TPSA) is 89.8 Å². The summed E-state index contributed by atoms with van der Waals surface area (Å²) in [6, 6.07) is 9.18. The SMILES string of the molecule is Cn1c(-c2cccc(C(F)(F)F)c2)nc2c(NC(=O)c3cnccn3)cccc2c1=O. The van der Waals surface area contributed by atoms with E-state index in [1.807, 2.05) is 0 Å². The maximum atomic E-state index is 13.1. The van der Waals surface area contributed by atoms with Gasteiger partial charge < -0.3 is 5.32 Å². The molecule has 0 atom stereocenters. The van der Waals surface area contributed by atoms with Gasteiger partial charge in [0.15, 0.2) is 0 Å². The van der Waals surface area contributed by atoms with Gasteiger partial charge in [-0.1, -0.05) is 18.2 Å². The molecule has 0 aliphatic heterocycles. The molecule has 7 nitrogen and oxygen atoms in total. The number of anilines is 1. The van der Waals surface area contributed by atoms with E-state index in [1.54, 1.807) is 12.1 Å². The second-order valence-electron chi connectivity index (χ2n) is 6.62. The molecule has 1 N–H and O–H groups in total. The van der Waals surface area contributed by atoms with Gasteiger partial charge in [-0.2, -0.15) is 13.2 Å². The summed E-state index contributed by atoms with van der Waals surface area (Å²) in [5.74, 6) is -0.534. The van der Waals surface area contributed by atoms with Gasteiger partial charge in [0, 0.05) is 25.0 Å². The second kappa shape index (κ2) is 7.63. The van der Waals surface area contributed by atoms with Gasteiger partial charge in [0.2, 0.25) is 0 Å². The molecule has 10 heteroatoms. The van der Waals surface area contributed by atoms with Crippen molar-refractivity contribution < 1.29 is 18.0 Å². The minimum Gasteiger partial charge on any atom is -0.319 e. The molecule has 1 amide bonds. The first-order chi connectivity index (χ1) is 14.8. The standard InChI is InChI=1S/C21H14F3N5O2/c1-29-18(12-4-2-5-13(10-12)21(22,23)24)28-17-14(20(29)31)6-3-7-15(17)27-19(30)16-11-25-8-9-26-16/h2-11H,1H3,(H,27,30). The zero-order valence-electron chi connectivity index (χ0n) is 16.0. The third-order valence-electron chi connectivity index (χ3n) is 4.60. The first kappa shape index (κ1) is 20.2. The molecule has 0 bridgehead atoms. The largest absolute Gasteiger partial charge is 0.416 e. The number of carbonyl (C=O) groups is 1. The Morgan fingerprint density at radius 1 is 1.10 bits per heavy atom. The van der Waals surface area contributed by atoms with Crippen LogP contribution >= 0.6 is 0 Å². The van der Waals surface area contributed by atoms with Crippen molar-refractivity contribution in [2.45, 2.75) is 6.18 Å². The first-order valence-corrected chi connectivity index (χ1v) is 9.00. The molecule has 0 radical (unpaired) electrons. The summed E-state index contributed by atoms with van der Waals surface area (Å²) in [6.07, 6.45) is -0.485. The van der Waals surface area contributed by atoms with Crippen molar-refractivity contribution in [1.29, 1.82) is 0 Å². The van der Waals surface area contributed by atoms with Gasteiger partial charge in [-0.15, -0.1) is 0 Å². The van der Waals surface area contributed by atoms with Crippen molar-refractivity contribution >= 4 is 22.5 Å². The Hall–Kier alpha value is -4.08. The molecule has 4 aromatic rings. The molecule has 31 heavy (non-hydrogen) atoms. The van der Waals surface area contributed by atoms with Crippen molar-refractivity contribution in [2.75, 3.05) is 5.32 Å². The summed E-state index contributed by atoms with van der Waals surface area (Å²) in [7, 11) is 1.43. The molecule has 0 spiro atoms. The Balaban J connectivity index is 1.86. The predicted octanol–water partition coefficient (Wildman–Crippen LogP) is 3.66. The Morgan fingerprint density at radius 2 is 1.87 bits per heavy atom. The second-order valence-corrected chi connectivity index (χ2v) is 6.62. The van der Waals surface area contributed by atoms with Crippen LogP contribution in [0.3, 0.4) is 0 Å². The average molecular weight is 425 g/mol. The molecule has 4 rings (SSSR count). The fourth-order valence-corrected chi connectivity index (χ4v) is 3.09. The van der Waals surface area contributed by atoms with E-state index in [9.17, 15) is 22.8 Å². The first-order valence-electron chi connectivity index (χ1n) is 9.00. The van der Waals surface area contributed by atoms with Crippen LogP contribution in [-0.4, -0.2) is 25.4 Å². The smallest absolute Gasteiger partial charge is 0.319 e. The molecule has 0 fully saturated rings. The Morgan fingerprint density at radius 3 is 2.58 bits per heavy atom. The molecule has 2 aromatic heterocycles. The Labute approximate surface area is 173 Å². The summed E-state index contributed by atoms with van der Waals surface area (Å²) >= 11 is 0. The lowest BCUT2D eigenvalue weighted by Crippen LogP contribution is -2.21. The fourth-order valence-electron chi connectivity index (χ4n) is 3.09. The van der Waals surface area contributed by atoms with Crippen LogP contribution in [0.15, 0.2) is 65.8 Å². The minimum atomic E-state index is -4.54. The quantitative estimate of drug-likeness (QED) is 0.541. The number of aromatic nitrogens is 4. The lowest BCUT2D eigenvalue weighted by molar-refractivity contribution is -0.137. The summed E-state index contributed by atoms with van der Waals surface area (Å²) < 4.78 is 40.6. The number of nitrogens with one attached hydrogen (secondary N) is 1. The normalized spacial score (nSPS) is 11.5. The van der Waals surface area contributed by atoms with E-state index in [1.165, 1.54) is 48.4 Å². The molecule has 0 aliphatic rings. The van der Waals surface area contributed by atoms with Crippen molar-refractivity contribution in [2.24, 2.45) is 7.05 Å². The molecule has 2 heterocycles. The summed E-state index contributed by atoms with van der Waals surface area (Å²) in [5.41, 5.74) is -0.779. The molecular formula is C21H14F3N5O2. The van der Waals surface area contributed by atoms with Crippen LogP contribution in [0.5, 0.6) is 0 Å². The third-order valence-corrected chi connectivity index (χ3v) is 4.60. The predicted molar refractivity (Wildman–Crippen MR) is 107 cm³/mol. The molecule has 156 valence electrons. The van der Waals surface area contributed by atoms with Gasteiger partial charge in [-0.25, -0.2) is 9.97 Å². The highest BCUT2D eigenvalue weighted by atomic mass is 19.4. The average Bonchev–Trinajstić information content (AvgIpc) is 2.76. The molecule has 2 aromatic carbocycles. The van der Waals surface area contributed by atoms with Crippen molar-refractivity contribution in [3.05, 3.63) is 82.7 Å². The number of amides is 1. The highest BCUT2D eigenvalue weighted by Gasteiger charge is 2.30. The van der Waals surface area contributed by atoms with Crippen molar-refractivity contribution in [3.63, 3.8) is 0 Å². The van der Waals surface area contributed by atoms with Crippen LogP contribution in [0.2, 0.25) is 0 Å². The van der Waals surface area contributed by atoms with Crippen LogP contribution in [0.4, 0.5) is 18.9 Å². The number of benzene rings is 2. The summed E-state index contributed by atoms with van der Waals surface area (Å²) in [4.78, 5) is 37.5. The molecule has 0 saturated carbocycles. The number of para-hydroxylation sites is 1. The highest BCUT2D eigenvalue weighted by molar-refractivity contribution is 6.07. The highest BCUT2D eigenvalue weighted by Crippen LogP contribution is 2.32. The number of halogens is 3. The molecule has 0 saturated heterocycles. The van der Waals surface area contributed by atoms with Crippen LogP contribution < -0.4 is 10.9 Å². The van der Waals surface area contributed by atoms with Gasteiger partial charge in [0.1, 0.15) is 17.0 Å². The third kappa shape index (κ3) is 3.87. The van der Waals surface area contributed by atoms with Gasteiger partial charge in [0.05, 0.1) is 22.8 Å². The Kier molecular flexibility index (Phi) is 4.97. The number of nitrogens with zero attached hydrogens (tertiary/aromatic N) is 4. The van der Waals surface area contributed by atoms with E-state index in [0.29, 0.717) is 0 Å². The van der Waals surface area contributed by atoms with Gasteiger partial charge in [0.25, 0.3) is 11.5 Å². The monoisotopic (exact) mass is 425 g/mol. The van der Waals surface area contributed by atoms with Crippen LogP contribution in [0, 0.1) is 0 Å². The number of fused-ring (bicyclic) bond motifs is 1. The maximum absolute atomic E-state index is 13.1. The minimum absolute atomic E-state index is 0.0322. The van der Waals surface area contributed by atoms with E-state index < -0.39 is 23.2 Å². The lowest BCUT2D eigenvalue weighted by atomic mass is 10.1. The van der Waals surface area contributed by atoms with Crippen LogP contribution in [0.25, 0.3) is 22.3 Å². The number of hydrogen-bond acceptors (Lipinski definition) is 5. The molecular weight excluding hydrogens is 411 g/mol. The number of alkyl halides is 3. The van der Waals surface area contributed by atoms with E-state index in [4.69, 9.17) is 0 Å². The van der Waals surface area contributed by atoms with Crippen LogP contribution in [-0.2, 0) is 13.2 Å². The fraction of sp³-hybridized carbons (Fsp3) is 0.0952. The summed E-state index contributed by atoms with van der Waals surface area (Å²) in [6.45, 7) is 0. The van der Waals surface area contributed by atoms with Gasteiger partial charge >= 0.3 is 6.18 Å². The number of rotatable bonds is 3. The lowest BCUT2D eigenvalue weighted by Gasteiger charge is -2.14.